The Labute approximate surface area is 433 Å². The Morgan fingerprint density at radius 3 is 1.04 bits per heavy atom. The highest BCUT2D eigenvalue weighted by Gasteiger charge is 2.54. The molecule has 0 unspecified atom stereocenters. The van der Waals surface area contributed by atoms with Crippen molar-refractivity contribution >= 4 is 0 Å². The summed E-state index contributed by atoms with van der Waals surface area (Å²) in [4.78, 5) is 3.39. The third-order valence-electron chi connectivity index (χ3n) is 12.9. The largest absolute Gasteiger partial charge is 0.374 e. The Hall–Kier alpha value is -6.55. The van der Waals surface area contributed by atoms with Crippen LogP contribution in [0.4, 0.5) is 0 Å². The van der Waals surface area contributed by atoms with Gasteiger partial charge in [-0.25, -0.2) is 0 Å². The van der Waals surface area contributed by atoms with E-state index in [9.17, 15) is 5.53 Å². The van der Waals surface area contributed by atoms with Gasteiger partial charge in [-0.1, -0.05) is 217 Å². The Morgan fingerprint density at radius 2 is 0.649 bits per heavy atom. The molecule has 7 aromatic carbocycles. The van der Waals surface area contributed by atoms with Crippen LogP contribution in [0.15, 0.2) is 217 Å². The first-order valence-electron chi connectivity index (χ1n) is 25.2. The molecule has 2 fully saturated rings. The van der Waals surface area contributed by atoms with Gasteiger partial charge in [-0.05, 0) is 44.5 Å². The van der Waals surface area contributed by atoms with Gasteiger partial charge in [0.25, 0.3) is 0 Å². The van der Waals surface area contributed by atoms with Gasteiger partial charge in [0.2, 0.25) is 0 Å². The molecule has 7 aromatic rings. The van der Waals surface area contributed by atoms with Crippen molar-refractivity contribution < 1.29 is 47.4 Å². The molecule has 74 heavy (non-hydrogen) atoms. The molecule has 0 aromatic heterocycles. The Morgan fingerprint density at radius 1 is 0.338 bits per heavy atom. The maximum absolute atomic E-state index is 10.4. The summed E-state index contributed by atoms with van der Waals surface area (Å²) in [6.07, 6.45) is -8.24. The van der Waals surface area contributed by atoms with Crippen LogP contribution < -0.4 is 0 Å². The van der Waals surface area contributed by atoms with E-state index in [-0.39, 0.29) is 46.2 Å². The van der Waals surface area contributed by atoms with Gasteiger partial charge in [0.05, 0.1) is 59.5 Å². The third-order valence-corrected chi connectivity index (χ3v) is 12.9. The van der Waals surface area contributed by atoms with Crippen molar-refractivity contribution in [1.29, 1.82) is 0 Å². The Balaban J connectivity index is 1.10. The fourth-order valence-corrected chi connectivity index (χ4v) is 9.10. The summed E-state index contributed by atoms with van der Waals surface area (Å²) in [5.41, 5.74) is 17.1. The quantitative estimate of drug-likeness (QED) is 0.0292. The second kappa shape index (κ2) is 28.2. The summed E-state index contributed by atoms with van der Waals surface area (Å²) in [5, 5.41) is 4.43. The first-order valence-corrected chi connectivity index (χ1v) is 25.2. The summed E-state index contributed by atoms with van der Waals surface area (Å²) in [6, 6.07) is 68.2. The van der Waals surface area contributed by atoms with Crippen molar-refractivity contribution in [2.75, 3.05) is 13.2 Å². The summed E-state index contributed by atoms with van der Waals surface area (Å²) in [6.45, 7) is 1.78. The van der Waals surface area contributed by atoms with Gasteiger partial charge in [-0.3, -0.25) is 0 Å². The highest BCUT2D eigenvalue weighted by Crippen LogP contribution is 2.37. The molecule has 382 valence electrons. The first-order chi connectivity index (χ1) is 36.7. The Bertz CT molecular complexity index is 2690. The lowest BCUT2D eigenvalue weighted by Gasteiger charge is -2.49. The molecule has 0 N–H and O–H groups in total. The van der Waals surface area contributed by atoms with Gasteiger partial charge in [-0.2, -0.15) is 0 Å². The van der Waals surface area contributed by atoms with Crippen LogP contribution in [0, 0.1) is 0 Å². The van der Waals surface area contributed by atoms with E-state index in [0.717, 1.165) is 38.9 Å². The zero-order valence-electron chi connectivity index (χ0n) is 41.3. The second-order valence-electron chi connectivity index (χ2n) is 18.2. The summed E-state index contributed by atoms with van der Waals surface area (Å²) in [7, 11) is 0. The molecule has 0 saturated carbocycles. The van der Waals surface area contributed by atoms with Crippen LogP contribution >= 0.6 is 0 Å². The smallest absolute Gasteiger partial charge is 0.187 e. The molecule has 13 nitrogen and oxygen atoms in total. The summed E-state index contributed by atoms with van der Waals surface area (Å²) >= 11 is 0. The lowest BCUT2D eigenvalue weighted by molar-refractivity contribution is -0.362. The van der Waals surface area contributed by atoms with E-state index in [1.54, 1.807) is 0 Å². The molecule has 0 aliphatic carbocycles. The van der Waals surface area contributed by atoms with Crippen molar-refractivity contribution in [3.05, 3.63) is 262 Å². The molecule has 0 radical (unpaired) electrons. The molecule has 0 amide bonds. The highest BCUT2D eigenvalue weighted by molar-refractivity contribution is 5.19. The molecule has 9 rings (SSSR count). The lowest BCUT2D eigenvalue weighted by Crippen LogP contribution is -2.65. The molecule has 13 heteroatoms. The van der Waals surface area contributed by atoms with Crippen LogP contribution in [0.3, 0.4) is 0 Å². The van der Waals surface area contributed by atoms with E-state index >= 15 is 0 Å². The van der Waals surface area contributed by atoms with Crippen LogP contribution in [-0.4, -0.2) is 74.6 Å². The van der Waals surface area contributed by atoms with Gasteiger partial charge in [-0.15, -0.1) is 0 Å². The SMILES string of the molecule is [N-]=[N+]=N[C@H]1[C@H](O[C@H]2[C@H](OCc3ccccc3)[C@@H](OCc3ccccc3)[C@H](OCc3ccccc3)O[C@@H]2COCc2ccccc2)O[C@H](COCc2ccccc2)[C@H](OCc2ccccc2)[C@@H]1OCc1ccccc1. The van der Waals surface area contributed by atoms with E-state index in [1.807, 2.05) is 212 Å². The van der Waals surface area contributed by atoms with Crippen LogP contribution in [0.2, 0.25) is 0 Å². The zero-order valence-corrected chi connectivity index (χ0v) is 41.3. The molecule has 2 aliphatic rings. The van der Waals surface area contributed by atoms with E-state index in [0.29, 0.717) is 13.2 Å². The van der Waals surface area contributed by atoms with Crippen LogP contribution in [0.5, 0.6) is 0 Å². The van der Waals surface area contributed by atoms with E-state index in [4.69, 9.17) is 47.4 Å². The average molecular weight is 998 g/mol. The molecule has 2 heterocycles. The van der Waals surface area contributed by atoms with Crippen LogP contribution in [0.1, 0.15) is 38.9 Å². The van der Waals surface area contributed by atoms with Crippen LogP contribution in [0.25, 0.3) is 10.4 Å². The lowest BCUT2D eigenvalue weighted by atomic mass is 9.95. The van der Waals surface area contributed by atoms with E-state index < -0.39 is 61.3 Å². The number of hydrogen-bond donors (Lipinski definition) is 0. The third kappa shape index (κ3) is 15.3. The minimum atomic E-state index is -1.25. The topological polar surface area (TPSA) is 141 Å². The highest BCUT2D eigenvalue weighted by atomic mass is 16.8. The first kappa shape index (κ1) is 52.3. The zero-order chi connectivity index (χ0) is 50.4. The van der Waals surface area contributed by atoms with E-state index in [1.165, 1.54) is 0 Å². The van der Waals surface area contributed by atoms with Gasteiger partial charge in [0.15, 0.2) is 12.6 Å². The van der Waals surface area contributed by atoms with Gasteiger partial charge < -0.3 is 47.4 Å². The predicted octanol–water partition coefficient (Wildman–Crippen LogP) is 11.5. The molecular weight excluding hydrogens is 935 g/mol. The molecule has 10 atom stereocenters. The van der Waals surface area contributed by atoms with Gasteiger partial charge in [0, 0.05) is 4.91 Å². The van der Waals surface area contributed by atoms with Crippen molar-refractivity contribution in [3.8, 4) is 0 Å². The second-order valence-corrected chi connectivity index (χ2v) is 18.2. The number of rotatable bonds is 26. The van der Waals surface area contributed by atoms with Crippen molar-refractivity contribution in [2.24, 2.45) is 5.11 Å². The van der Waals surface area contributed by atoms with Crippen molar-refractivity contribution in [2.45, 2.75) is 108 Å². The molecule has 2 saturated heterocycles. The fraction of sp³-hybridized carbons (Fsp3) is 0.311. The monoisotopic (exact) mass is 997 g/mol. The minimum absolute atomic E-state index is 0.0562. The van der Waals surface area contributed by atoms with Crippen molar-refractivity contribution in [1.82, 2.24) is 0 Å². The average Bonchev–Trinajstić information content (AvgIpc) is 3.46. The van der Waals surface area contributed by atoms with Gasteiger partial charge in [0.1, 0.15) is 48.8 Å². The number of benzene rings is 7. The minimum Gasteiger partial charge on any atom is -0.374 e. The standard InChI is InChI=1S/C61H63N3O10/c62-64-63-54-57(68-39-48-28-14-4-15-29-48)55(67-38-47-26-12-3-13-27-47)52(43-65-36-45-22-8-1-9-23-45)72-60(54)74-56-53(44-66-37-46-24-10-2-11-25-46)73-61(71-42-51-34-20-7-21-35-51)59(70-41-50-32-18-6-19-33-50)58(56)69-40-49-30-16-5-17-31-49/h1-35,52-61H,36-44H2/t52-,53-,54-,55+,56-,57-,58+,59-,60+,61-/m1/s1. The number of nitrogens with zero attached hydrogens (tertiary/aromatic N) is 3. The maximum Gasteiger partial charge on any atom is 0.187 e. The van der Waals surface area contributed by atoms with Gasteiger partial charge >= 0.3 is 0 Å². The molecular formula is C61H63N3O10. The molecule has 0 bridgehead atoms. The number of hydrogen-bond acceptors (Lipinski definition) is 11. The van der Waals surface area contributed by atoms with E-state index in [2.05, 4.69) is 10.0 Å². The number of azide groups is 1. The number of ether oxygens (including phenoxy) is 10. The predicted molar refractivity (Wildman–Crippen MR) is 279 cm³/mol. The summed E-state index contributed by atoms with van der Waals surface area (Å²) < 4.78 is 68.8. The Kier molecular flexibility index (Phi) is 19.9. The summed E-state index contributed by atoms with van der Waals surface area (Å²) in [5.74, 6) is 0. The normalized spacial score (nSPS) is 23.7. The maximum atomic E-state index is 10.4. The molecule has 0 spiro atoms. The van der Waals surface area contributed by atoms with Crippen LogP contribution in [-0.2, 0) is 93.6 Å². The molecule has 2 aliphatic heterocycles. The van der Waals surface area contributed by atoms with Crippen molar-refractivity contribution in [3.63, 3.8) is 0 Å². The fourth-order valence-electron chi connectivity index (χ4n) is 9.10.